The van der Waals surface area contributed by atoms with Gasteiger partial charge in [-0.3, -0.25) is 4.98 Å². The molecule has 0 unspecified atom stereocenters. The molecule has 6 heteroatoms. The average Bonchev–Trinajstić information content (AvgIpc) is 2.84. The Morgan fingerprint density at radius 1 is 0.879 bits per heavy atom. The molecule has 0 radical (unpaired) electrons. The fraction of sp³-hybridized carbons (Fsp3) is 0.0370. The summed E-state index contributed by atoms with van der Waals surface area (Å²) in [6.07, 6.45) is 9.70. The van der Waals surface area contributed by atoms with E-state index < -0.39 is 10.0 Å². The summed E-state index contributed by atoms with van der Waals surface area (Å²) in [7, 11) is -4.01. The lowest BCUT2D eigenvalue weighted by molar-refractivity contribution is 0.599. The highest BCUT2D eigenvalue weighted by molar-refractivity contribution is 7.90. The molecule has 0 aliphatic rings. The van der Waals surface area contributed by atoms with E-state index in [9.17, 15) is 8.42 Å². The number of pyridine rings is 1. The van der Waals surface area contributed by atoms with Gasteiger partial charge in [-0.2, -0.15) is 12.8 Å². The summed E-state index contributed by atoms with van der Waals surface area (Å²) < 4.78 is 30.7. The van der Waals surface area contributed by atoms with Crippen LogP contribution in [0.4, 0.5) is 0 Å². The number of hydrogen-bond donors (Lipinski definition) is 0. The molecule has 0 aliphatic carbocycles. The van der Waals surface area contributed by atoms with Gasteiger partial charge in [0.1, 0.15) is 4.90 Å². The Balaban J connectivity index is 1.68. The first-order valence-electron chi connectivity index (χ1n) is 10.3. The van der Waals surface area contributed by atoms with Crippen molar-refractivity contribution in [3.8, 4) is 0 Å². The minimum Gasteiger partial charge on any atom is -0.255 e. The Morgan fingerprint density at radius 3 is 2.42 bits per heavy atom. The van der Waals surface area contributed by atoms with Crippen LogP contribution < -0.4 is 0 Å². The van der Waals surface area contributed by atoms with Gasteiger partial charge in [-0.1, -0.05) is 90.5 Å². The molecule has 1 aromatic heterocycles. The molecule has 0 spiro atoms. The van der Waals surface area contributed by atoms with Crippen LogP contribution in [0.15, 0.2) is 125 Å². The van der Waals surface area contributed by atoms with Crippen molar-refractivity contribution in [2.24, 2.45) is 4.40 Å². The monoisotopic (exact) mass is 472 g/mol. The van der Waals surface area contributed by atoms with Crippen molar-refractivity contribution in [2.45, 2.75) is 11.3 Å². The summed E-state index contributed by atoms with van der Waals surface area (Å²) in [5.41, 5.74) is 2.54. The number of sulfonamides is 1. The van der Waals surface area contributed by atoms with E-state index in [1.165, 1.54) is 11.6 Å². The summed E-state index contributed by atoms with van der Waals surface area (Å²) in [5.74, 6) is 0. The van der Waals surface area contributed by atoms with Crippen LogP contribution in [-0.4, -0.2) is 19.1 Å². The predicted molar refractivity (Wildman–Crippen MR) is 135 cm³/mol. The topological polar surface area (TPSA) is 59.4 Å². The molecule has 0 fully saturated rings. The molecular formula is C27H21ClN2O2S. The van der Waals surface area contributed by atoms with Crippen molar-refractivity contribution >= 4 is 38.2 Å². The summed E-state index contributed by atoms with van der Waals surface area (Å²) in [6, 6.07) is 25.6. The van der Waals surface area contributed by atoms with Gasteiger partial charge in [0.15, 0.2) is 0 Å². The number of benzene rings is 3. The molecule has 4 nitrogen and oxygen atoms in total. The number of nitrogens with zero attached hydrogens (tertiary/aromatic N) is 2. The van der Waals surface area contributed by atoms with Crippen molar-refractivity contribution in [1.82, 2.24) is 4.98 Å². The Labute approximate surface area is 198 Å². The van der Waals surface area contributed by atoms with E-state index >= 15 is 0 Å². The van der Waals surface area contributed by atoms with E-state index in [4.69, 9.17) is 11.6 Å². The number of allylic oxidation sites excluding steroid dienone is 4. The van der Waals surface area contributed by atoms with Crippen molar-refractivity contribution < 1.29 is 8.42 Å². The van der Waals surface area contributed by atoms with Crippen LogP contribution in [0.25, 0.3) is 10.9 Å². The van der Waals surface area contributed by atoms with Gasteiger partial charge in [-0.05, 0) is 42.3 Å². The van der Waals surface area contributed by atoms with Crippen LogP contribution >= 0.6 is 11.6 Å². The maximum atomic E-state index is 13.3. The maximum absolute atomic E-state index is 13.3. The normalized spacial score (nSPS) is 12.7. The Kier molecular flexibility index (Phi) is 7.13. The molecule has 0 N–H and O–H groups in total. The molecule has 164 valence electrons. The molecule has 0 saturated heterocycles. The van der Waals surface area contributed by atoms with Crippen LogP contribution in [0.1, 0.15) is 11.1 Å². The van der Waals surface area contributed by atoms with Gasteiger partial charge in [0, 0.05) is 22.2 Å². The SMILES string of the molecule is O=S(=O)(/N=C(/C=C/C=C/Cc1ccccc1)c1ccc(Cl)cc1)c1cccc2cccnc12. The van der Waals surface area contributed by atoms with Crippen molar-refractivity contribution in [3.05, 3.63) is 132 Å². The first kappa shape index (κ1) is 22.6. The maximum Gasteiger partial charge on any atom is 0.285 e. The highest BCUT2D eigenvalue weighted by Gasteiger charge is 2.18. The fourth-order valence-electron chi connectivity index (χ4n) is 3.31. The van der Waals surface area contributed by atoms with E-state index in [2.05, 4.69) is 21.5 Å². The lowest BCUT2D eigenvalue weighted by Crippen LogP contribution is -2.05. The standard InChI is InChI=1S/C27H21ClN2O2S/c28-24-18-16-22(17-19-24)25(14-6-2-5-11-21-9-3-1-4-10-21)30-33(31,32)26-15-7-12-23-13-8-20-29-27(23)26/h1-10,12-20H,11H2/b5-2+,14-6+,30-25-. The molecule has 0 amide bonds. The molecule has 0 atom stereocenters. The van der Waals surface area contributed by atoms with Crippen LogP contribution in [0, 0.1) is 0 Å². The zero-order valence-corrected chi connectivity index (χ0v) is 19.2. The highest BCUT2D eigenvalue weighted by Crippen LogP contribution is 2.23. The third-order valence-corrected chi connectivity index (χ3v) is 6.50. The van der Waals surface area contributed by atoms with Gasteiger partial charge >= 0.3 is 0 Å². The highest BCUT2D eigenvalue weighted by atomic mass is 35.5. The van der Waals surface area contributed by atoms with Gasteiger partial charge < -0.3 is 0 Å². The Bertz CT molecular complexity index is 1440. The number of rotatable bonds is 7. The number of para-hydroxylation sites is 1. The predicted octanol–water partition coefficient (Wildman–Crippen LogP) is 6.42. The average molecular weight is 473 g/mol. The van der Waals surface area contributed by atoms with Crippen molar-refractivity contribution in [2.75, 3.05) is 0 Å². The molecule has 0 aliphatic heterocycles. The lowest BCUT2D eigenvalue weighted by Gasteiger charge is -2.06. The van der Waals surface area contributed by atoms with E-state index in [1.54, 1.807) is 54.7 Å². The van der Waals surface area contributed by atoms with E-state index in [1.807, 2.05) is 42.5 Å². The number of hydrogen-bond acceptors (Lipinski definition) is 3. The summed E-state index contributed by atoms with van der Waals surface area (Å²) in [6.45, 7) is 0. The molecular weight excluding hydrogens is 452 g/mol. The van der Waals surface area contributed by atoms with Crippen molar-refractivity contribution in [3.63, 3.8) is 0 Å². The van der Waals surface area contributed by atoms with Gasteiger partial charge in [0.2, 0.25) is 0 Å². The summed E-state index contributed by atoms with van der Waals surface area (Å²) >= 11 is 6.02. The number of halogens is 1. The minimum atomic E-state index is -4.01. The molecule has 1 heterocycles. The third-order valence-electron chi connectivity index (χ3n) is 4.93. The molecule has 4 aromatic rings. The van der Waals surface area contributed by atoms with E-state index in [-0.39, 0.29) is 4.90 Å². The summed E-state index contributed by atoms with van der Waals surface area (Å²) in [4.78, 5) is 4.33. The minimum absolute atomic E-state index is 0.0695. The Hall–Kier alpha value is -3.54. The van der Waals surface area contributed by atoms with Gasteiger partial charge in [0.05, 0.1) is 11.2 Å². The Morgan fingerprint density at radius 2 is 1.64 bits per heavy atom. The van der Waals surface area contributed by atoms with Gasteiger partial charge in [-0.15, -0.1) is 0 Å². The lowest BCUT2D eigenvalue weighted by atomic mass is 10.1. The van der Waals surface area contributed by atoms with Crippen LogP contribution in [0.2, 0.25) is 5.02 Å². The van der Waals surface area contributed by atoms with Gasteiger partial charge in [0.25, 0.3) is 10.0 Å². The van der Waals surface area contributed by atoms with E-state index in [0.717, 1.165) is 11.8 Å². The van der Waals surface area contributed by atoms with Crippen LogP contribution in [0.5, 0.6) is 0 Å². The molecule has 33 heavy (non-hydrogen) atoms. The molecule has 0 bridgehead atoms. The van der Waals surface area contributed by atoms with Gasteiger partial charge in [-0.25, -0.2) is 0 Å². The second kappa shape index (κ2) is 10.4. The smallest absolute Gasteiger partial charge is 0.255 e. The van der Waals surface area contributed by atoms with Crippen LogP contribution in [-0.2, 0) is 16.4 Å². The molecule has 0 saturated carbocycles. The van der Waals surface area contributed by atoms with E-state index in [0.29, 0.717) is 21.8 Å². The zero-order valence-electron chi connectivity index (χ0n) is 17.7. The first-order valence-corrected chi connectivity index (χ1v) is 12.2. The number of fused-ring (bicyclic) bond motifs is 1. The summed E-state index contributed by atoms with van der Waals surface area (Å²) in [5, 5.41) is 1.30. The van der Waals surface area contributed by atoms with Crippen molar-refractivity contribution in [1.29, 1.82) is 0 Å². The van der Waals surface area contributed by atoms with Crippen LogP contribution in [0.3, 0.4) is 0 Å². The second-order valence-corrected chi connectivity index (χ2v) is 9.28. The third kappa shape index (κ3) is 5.83. The number of aromatic nitrogens is 1. The zero-order chi connectivity index (χ0) is 23.1. The fourth-order valence-corrected chi connectivity index (χ4v) is 4.62. The quantitative estimate of drug-likeness (QED) is 0.230. The largest absolute Gasteiger partial charge is 0.285 e. The first-order chi connectivity index (χ1) is 16.0. The molecule has 3 aromatic carbocycles. The molecule has 4 rings (SSSR count). The second-order valence-electron chi connectivity index (χ2n) is 7.27.